The number of carbonyl (C=O) groups excluding carboxylic acids is 1. The van der Waals surface area contributed by atoms with Gasteiger partial charge in [0.1, 0.15) is 5.88 Å². The van der Waals surface area contributed by atoms with Crippen molar-refractivity contribution in [2.24, 2.45) is 0 Å². The molecule has 104 valence electrons. The summed E-state index contributed by atoms with van der Waals surface area (Å²) in [4.78, 5) is 13.7. The minimum absolute atomic E-state index is 0.0414. The predicted octanol–water partition coefficient (Wildman–Crippen LogP) is 2.57. The van der Waals surface area contributed by atoms with Crippen molar-refractivity contribution in [3.8, 4) is 0 Å². The standard InChI is InChI=1S/C15H21ClN2O/c16-12-15(19)17-9-8-14(18-10-4-5-11-18)13-6-2-1-3-7-13/h1-3,6-7,14H,4-5,8-12H2,(H,17,19). The van der Waals surface area contributed by atoms with Crippen molar-refractivity contribution in [1.82, 2.24) is 10.2 Å². The predicted molar refractivity (Wildman–Crippen MR) is 78.3 cm³/mol. The third kappa shape index (κ3) is 4.22. The highest BCUT2D eigenvalue weighted by Gasteiger charge is 2.22. The number of likely N-dealkylation sites (tertiary alicyclic amines) is 1. The zero-order valence-electron chi connectivity index (χ0n) is 11.1. The molecule has 4 heteroatoms. The van der Waals surface area contributed by atoms with Crippen LogP contribution in [0.15, 0.2) is 30.3 Å². The van der Waals surface area contributed by atoms with Crippen LogP contribution in [-0.4, -0.2) is 36.3 Å². The van der Waals surface area contributed by atoms with Gasteiger partial charge in [0.05, 0.1) is 0 Å². The van der Waals surface area contributed by atoms with Crippen molar-refractivity contribution in [3.63, 3.8) is 0 Å². The number of hydrogen-bond donors (Lipinski definition) is 1. The van der Waals surface area contributed by atoms with Gasteiger partial charge in [0.2, 0.25) is 5.91 Å². The average molecular weight is 281 g/mol. The Labute approximate surface area is 119 Å². The van der Waals surface area contributed by atoms with Crippen LogP contribution in [0.25, 0.3) is 0 Å². The molecule has 19 heavy (non-hydrogen) atoms. The molecule has 1 aromatic carbocycles. The first-order valence-corrected chi connectivity index (χ1v) is 7.46. The number of benzene rings is 1. The molecule has 2 rings (SSSR count). The van der Waals surface area contributed by atoms with E-state index >= 15 is 0 Å². The number of alkyl halides is 1. The average Bonchev–Trinajstić information content (AvgIpc) is 2.98. The maximum absolute atomic E-state index is 11.2. The quantitative estimate of drug-likeness (QED) is 0.813. The largest absolute Gasteiger partial charge is 0.355 e. The van der Waals surface area contributed by atoms with E-state index in [1.165, 1.54) is 18.4 Å². The van der Waals surface area contributed by atoms with Crippen LogP contribution in [0.1, 0.15) is 30.9 Å². The van der Waals surface area contributed by atoms with E-state index in [0.717, 1.165) is 19.5 Å². The van der Waals surface area contributed by atoms with Crippen molar-refractivity contribution in [1.29, 1.82) is 0 Å². The highest BCUT2D eigenvalue weighted by molar-refractivity contribution is 6.27. The van der Waals surface area contributed by atoms with Crippen LogP contribution in [0.2, 0.25) is 0 Å². The molecule has 0 radical (unpaired) electrons. The maximum atomic E-state index is 11.2. The monoisotopic (exact) mass is 280 g/mol. The number of amides is 1. The lowest BCUT2D eigenvalue weighted by molar-refractivity contribution is -0.118. The molecule has 1 saturated heterocycles. The Hall–Kier alpha value is -1.06. The molecule has 1 fully saturated rings. The van der Waals surface area contributed by atoms with Crippen molar-refractivity contribution in [2.75, 3.05) is 25.5 Å². The number of hydrogen-bond acceptors (Lipinski definition) is 2. The van der Waals surface area contributed by atoms with Crippen LogP contribution in [0.5, 0.6) is 0 Å². The Balaban J connectivity index is 1.96. The molecule has 3 nitrogen and oxygen atoms in total. The molecule has 1 heterocycles. The zero-order chi connectivity index (χ0) is 13.5. The van der Waals surface area contributed by atoms with Gasteiger partial charge >= 0.3 is 0 Å². The summed E-state index contributed by atoms with van der Waals surface area (Å²) in [6.45, 7) is 2.99. The SMILES string of the molecule is O=C(CCl)NCCC(c1ccccc1)N1CCCC1. The van der Waals surface area contributed by atoms with Gasteiger partial charge in [-0.1, -0.05) is 30.3 Å². The Kier molecular flexibility index (Phi) is 5.67. The fraction of sp³-hybridized carbons (Fsp3) is 0.533. The Morgan fingerprint density at radius 1 is 1.26 bits per heavy atom. The third-order valence-corrected chi connectivity index (χ3v) is 3.87. The van der Waals surface area contributed by atoms with Crippen molar-refractivity contribution in [3.05, 3.63) is 35.9 Å². The second-order valence-electron chi connectivity index (χ2n) is 4.94. The fourth-order valence-corrected chi connectivity index (χ4v) is 2.78. The summed E-state index contributed by atoms with van der Waals surface area (Å²) in [7, 11) is 0. The molecule has 1 aliphatic heterocycles. The minimum Gasteiger partial charge on any atom is -0.355 e. The number of halogens is 1. The lowest BCUT2D eigenvalue weighted by Gasteiger charge is -2.28. The molecule has 0 aliphatic carbocycles. The maximum Gasteiger partial charge on any atom is 0.234 e. The van der Waals surface area contributed by atoms with Crippen LogP contribution in [0.3, 0.4) is 0 Å². The molecule has 1 unspecified atom stereocenters. The van der Waals surface area contributed by atoms with Crippen molar-refractivity contribution < 1.29 is 4.79 Å². The molecule has 1 aromatic rings. The zero-order valence-corrected chi connectivity index (χ0v) is 11.9. The van der Waals surface area contributed by atoms with Gasteiger partial charge in [-0.25, -0.2) is 0 Å². The fourth-order valence-electron chi connectivity index (χ4n) is 2.68. The molecule has 0 spiro atoms. The summed E-state index contributed by atoms with van der Waals surface area (Å²) in [6.07, 6.45) is 3.49. The molecular weight excluding hydrogens is 260 g/mol. The molecule has 0 saturated carbocycles. The third-order valence-electron chi connectivity index (χ3n) is 3.63. The summed E-state index contributed by atoms with van der Waals surface area (Å²) in [6, 6.07) is 10.9. The summed E-state index contributed by atoms with van der Waals surface area (Å²) in [5.74, 6) is -0.0467. The van der Waals surface area contributed by atoms with E-state index < -0.39 is 0 Å². The smallest absolute Gasteiger partial charge is 0.234 e. The molecule has 1 N–H and O–H groups in total. The van der Waals surface area contributed by atoms with Crippen LogP contribution in [0.4, 0.5) is 0 Å². The summed E-state index contributed by atoms with van der Waals surface area (Å²) in [5.41, 5.74) is 1.34. The molecular formula is C15H21ClN2O. The number of nitrogens with one attached hydrogen (secondary N) is 1. The lowest BCUT2D eigenvalue weighted by atomic mass is 10.0. The van der Waals surface area contributed by atoms with E-state index in [4.69, 9.17) is 11.6 Å². The van der Waals surface area contributed by atoms with Crippen molar-refractivity contribution >= 4 is 17.5 Å². The lowest BCUT2D eigenvalue weighted by Crippen LogP contribution is -2.31. The van der Waals surface area contributed by atoms with Crippen LogP contribution >= 0.6 is 11.6 Å². The first-order chi connectivity index (χ1) is 9.31. The van der Waals surface area contributed by atoms with E-state index in [9.17, 15) is 4.79 Å². The van der Waals surface area contributed by atoms with E-state index in [1.54, 1.807) is 0 Å². The highest BCUT2D eigenvalue weighted by atomic mass is 35.5. The molecule has 1 aliphatic rings. The first-order valence-electron chi connectivity index (χ1n) is 6.93. The number of carbonyl (C=O) groups is 1. The molecule has 1 atom stereocenters. The van der Waals surface area contributed by atoms with Gasteiger partial charge in [-0.3, -0.25) is 9.69 Å². The van der Waals surface area contributed by atoms with Gasteiger partial charge in [-0.05, 0) is 37.9 Å². The van der Waals surface area contributed by atoms with E-state index in [1.807, 2.05) is 6.07 Å². The van der Waals surface area contributed by atoms with Crippen LogP contribution in [0, 0.1) is 0 Å². The van der Waals surface area contributed by atoms with Crippen LogP contribution < -0.4 is 5.32 Å². The van der Waals surface area contributed by atoms with E-state index in [2.05, 4.69) is 34.5 Å². The second kappa shape index (κ2) is 7.51. The highest BCUT2D eigenvalue weighted by Crippen LogP contribution is 2.27. The van der Waals surface area contributed by atoms with Gasteiger partial charge in [-0.15, -0.1) is 11.6 Å². The minimum atomic E-state index is -0.0881. The Morgan fingerprint density at radius 2 is 1.95 bits per heavy atom. The van der Waals surface area contributed by atoms with Gasteiger partial charge in [0.25, 0.3) is 0 Å². The van der Waals surface area contributed by atoms with Crippen LogP contribution in [-0.2, 0) is 4.79 Å². The van der Waals surface area contributed by atoms with E-state index in [0.29, 0.717) is 12.6 Å². The number of nitrogens with zero attached hydrogens (tertiary/aromatic N) is 1. The summed E-state index contributed by atoms with van der Waals surface area (Å²) < 4.78 is 0. The molecule has 0 aromatic heterocycles. The second-order valence-corrected chi connectivity index (χ2v) is 5.21. The molecule has 0 bridgehead atoms. The van der Waals surface area contributed by atoms with Gasteiger partial charge in [0, 0.05) is 12.6 Å². The Morgan fingerprint density at radius 3 is 2.58 bits per heavy atom. The van der Waals surface area contributed by atoms with E-state index in [-0.39, 0.29) is 11.8 Å². The van der Waals surface area contributed by atoms with Crippen molar-refractivity contribution in [2.45, 2.75) is 25.3 Å². The summed E-state index contributed by atoms with van der Waals surface area (Å²) >= 11 is 5.49. The normalized spacial score (nSPS) is 17.3. The topological polar surface area (TPSA) is 32.3 Å². The van der Waals surface area contributed by atoms with Gasteiger partial charge < -0.3 is 5.32 Å². The first kappa shape index (κ1) is 14.4. The van der Waals surface area contributed by atoms with Gasteiger partial charge in [-0.2, -0.15) is 0 Å². The Bertz CT molecular complexity index is 390. The summed E-state index contributed by atoms with van der Waals surface area (Å²) in [5, 5.41) is 2.86. The molecule has 1 amide bonds. The number of rotatable bonds is 6. The van der Waals surface area contributed by atoms with Gasteiger partial charge in [0.15, 0.2) is 0 Å².